The van der Waals surface area contributed by atoms with Crippen molar-refractivity contribution in [1.82, 2.24) is 10.2 Å². The maximum absolute atomic E-state index is 12.0. The summed E-state index contributed by atoms with van der Waals surface area (Å²) in [7, 11) is 1.95. The summed E-state index contributed by atoms with van der Waals surface area (Å²) >= 11 is 0. The fourth-order valence-electron chi connectivity index (χ4n) is 2.14. The van der Waals surface area contributed by atoms with Gasteiger partial charge in [0.25, 0.3) is 0 Å². The SMILES string of the molecule is CN(C(=O)CNC(C)(C)C)C1CCCCC1. The van der Waals surface area contributed by atoms with E-state index in [-0.39, 0.29) is 11.4 Å². The minimum atomic E-state index is 0.0169. The van der Waals surface area contributed by atoms with Crippen molar-refractivity contribution in [2.45, 2.75) is 64.5 Å². The number of carbonyl (C=O) groups is 1. The molecule has 1 rings (SSSR count). The molecule has 0 spiro atoms. The predicted molar refractivity (Wildman–Crippen MR) is 67.4 cm³/mol. The Hall–Kier alpha value is -0.570. The topological polar surface area (TPSA) is 32.3 Å². The highest BCUT2D eigenvalue weighted by Gasteiger charge is 2.22. The van der Waals surface area contributed by atoms with Crippen molar-refractivity contribution in [2.24, 2.45) is 0 Å². The van der Waals surface area contributed by atoms with E-state index < -0.39 is 0 Å². The molecule has 0 radical (unpaired) electrons. The Labute approximate surface area is 99.6 Å². The molecule has 1 fully saturated rings. The van der Waals surface area contributed by atoms with Crippen molar-refractivity contribution in [3.05, 3.63) is 0 Å². The molecule has 0 saturated heterocycles. The highest BCUT2D eigenvalue weighted by atomic mass is 16.2. The van der Waals surface area contributed by atoms with E-state index in [1.807, 2.05) is 11.9 Å². The van der Waals surface area contributed by atoms with Crippen LogP contribution in [0.15, 0.2) is 0 Å². The molecule has 0 aliphatic heterocycles. The van der Waals surface area contributed by atoms with Gasteiger partial charge in [0.1, 0.15) is 0 Å². The first-order chi connectivity index (χ1) is 7.40. The first-order valence-corrected chi connectivity index (χ1v) is 6.41. The van der Waals surface area contributed by atoms with Gasteiger partial charge in [-0.15, -0.1) is 0 Å². The Morgan fingerprint density at radius 3 is 2.31 bits per heavy atom. The highest BCUT2D eigenvalue weighted by Crippen LogP contribution is 2.21. The Balaban J connectivity index is 2.34. The number of hydrogen-bond donors (Lipinski definition) is 1. The second-order valence-electron chi connectivity index (χ2n) is 5.90. The number of nitrogens with zero attached hydrogens (tertiary/aromatic N) is 1. The van der Waals surface area contributed by atoms with Gasteiger partial charge >= 0.3 is 0 Å². The van der Waals surface area contributed by atoms with Crippen LogP contribution in [-0.2, 0) is 4.79 Å². The number of nitrogens with one attached hydrogen (secondary N) is 1. The lowest BCUT2D eigenvalue weighted by atomic mass is 9.94. The molecule has 0 aromatic carbocycles. The second-order valence-corrected chi connectivity index (χ2v) is 5.90. The van der Waals surface area contributed by atoms with Crippen molar-refractivity contribution >= 4 is 5.91 Å². The van der Waals surface area contributed by atoms with E-state index in [0.717, 1.165) is 0 Å². The van der Waals surface area contributed by atoms with Crippen LogP contribution in [0.4, 0.5) is 0 Å². The maximum Gasteiger partial charge on any atom is 0.236 e. The average Bonchev–Trinajstić information content (AvgIpc) is 2.25. The van der Waals surface area contributed by atoms with Crippen LogP contribution in [-0.4, -0.2) is 36.0 Å². The van der Waals surface area contributed by atoms with Gasteiger partial charge in [0.15, 0.2) is 0 Å². The van der Waals surface area contributed by atoms with Crippen molar-refractivity contribution in [3.63, 3.8) is 0 Å². The van der Waals surface area contributed by atoms with E-state index >= 15 is 0 Å². The Bertz CT molecular complexity index is 227. The summed E-state index contributed by atoms with van der Waals surface area (Å²) in [6.45, 7) is 6.71. The highest BCUT2D eigenvalue weighted by molar-refractivity contribution is 5.78. The third-order valence-corrected chi connectivity index (χ3v) is 3.29. The minimum Gasteiger partial charge on any atom is -0.342 e. The standard InChI is InChI=1S/C13H26N2O/c1-13(2,3)14-10-12(16)15(4)11-8-6-5-7-9-11/h11,14H,5-10H2,1-4H3. The molecule has 0 aromatic rings. The summed E-state index contributed by atoms with van der Waals surface area (Å²) in [5.74, 6) is 0.224. The molecule has 1 amide bonds. The van der Waals surface area contributed by atoms with Crippen molar-refractivity contribution in [2.75, 3.05) is 13.6 Å². The van der Waals surface area contributed by atoms with Crippen molar-refractivity contribution < 1.29 is 4.79 Å². The van der Waals surface area contributed by atoms with Gasteiger partial charge in [-0.2, -0.15) is 0 Å². The Kier molecular flexibility index (Phi) is 4.78. The number of carbonyl (C=O) groups excluding carboxylic acids is 1. The lowest BCUT2D eigenvalue weighted by Gasteiger charge is -2.32. The second kappa shape index (κ2) is 5.67. The summed E-state index contributed by atoms with van der Waals surface area (Å²) < 4.78 is 0. The van der Waals surface area contributed by atoms with Crippen LogP contribution in [0.3, 0.4) is 0 Å². The normalized spacial score (nSPS) is 18.5. The maximum atomic E-state index is 12.0. The molecule has 3 nitrogen and oxygen atoms in total. The largest absolute Gasteiger partial charge is 0.342 e. The van der Waals surface area contributed by atoms with E-state index in [2.05, 4.69) is 26.1 Å². The van der Waals surface area contributed by atoms with E-state index in [1.54, 1.807) is 0 Å². The molecule has 0 bridgehead atoms. The van der Waals surface area contributed by atoms with Crippen molar-refractivity contribution in [1.29, 1.82) is 0 Å². The van der Waals surface area contributed by atoms with Gasteiger partial charge in [-0.25, -0.2) is 0 Å². The lowest BCUT2D eigenvalue weighted by Crippen LogP contribution is -2.47. The molecule has 0 atom stereocenters. The van der Waals surface area contributed by atoms with Crippen LogP contribution in [0.5, 0.6) is 0 Å². The summed E-state index contributed by atoms with van der Waals surface area (Å²) in [6, 6.07) is 0.475. The molecule has 0 heterocycles. The van der Waals surface area contributed by atoms with Crippen LogP contribution in [0.2, 0.25) is 0 Å². The molecule has 16 heavy (non-hydrogen) atoms. The third-order valence-electron chi connectivity index (χ3n) is 3.29. The van der Waals surface area contributed by atoms with Crippen LogP contribution in [0.1, 0.15) is 52.9 Å². The minimum absolute atomic E-state index is 0.0169. The summed E-state index contributed by atoms with van der Waals surface area (Å²) in [4.78, 5) is 13.9. The van der Waals surface area contributed by atoms with Crippen LogP contribution in [0, 0.1) is 0 Å². The third kappa shape index (κ3) is 4.52. The molecule has 1 saturated carbocycles. The summed E-state index contributed by atoms with van der Waals surface area (Å²) in [5, 5.41) is 3.25. The van der Waals surface area contributed by atoms with Crippen LogP contribution in [0.25, 0.3) is 0 Å². The number of likely N-dealkylation sites (N-methyl/N-ethyl adjacent to an activating group) is 1. The van der Waals surface area contributed by atoms with E-state index in [9.17, 15) is 4.79 Å². The number of rotatable bonds is 3. The van der Waals surface area contributed by atoms with Crippen LogP contribution < -0.4 is 5.32 Å². The van der Waals surface area contributed by atoms with Gasteiger partial charge < -0.3 is 10.2 Å². The molecule has 0 aromatic heterocycles. The van der Waals surface area contributed by atoms with Gasteiger partial charge in [0, 0.05) is 18.6 Å². The first-order valence-electron chi connectivity index (χ1n) is 6.41. The monoisotopic (exact) mass is 226 g/mol. The Morgan fingerprint density at radius 1 is 1.25 bits per heavy atom. The molecule has 1 aliphatic carbocycles. The molecule has 3 heteroatoms. The van der Waals surface area contributed by atoms with E-state index in [1.165, 1.54) is 32.1 Å². The van der Waals surface area contributed by atoms with Gasteiger partial charge in [-0.3, -0.25) is 4.79 Å². The predicted octanol–water partition coefficient (Wildman–Crippen LogP) is 2.17. The zero-order valence-electron chi connectivity index (χ0n) is 11.2. The van der Waals surface area contributed by atoms with E-state index in [4.69, 9.17) is 0 Å². The Morgan fingerprint density at radius 2 is 1.81 bits per heavy atom. The molecular weight excluding hydrogens is 200 g/mol. The van der Waals surface area contributed by atoms with Gasteiger partial charge in [-0.05, 0) is 33.6 Å². The van der Waals surface area contributed by atoms with Crippen LogP contribution >= 0.6 is 0 Å². The zero-order chi connectivity index (χ0) is 12.2. The van der Waals surface area contributed by atoms with Gasteiger partial charge in [-0.1, -0.05) is 19.3 Å². The smallest absolute Gasteiger partial charge is 0.236 e. The molecule has 94 valence electrons. The number of amides is 1. The zero-order valence-corrected chi connectivity index (χ0v) is 11.2. The van der Waals surface area contributed by atoms with Gasteiger partial charge in [0.05, 0.1) is 6.54 Å². The fraction of sp³-hybridized carbons (Fsp3) is 0.923. The number of hydrogen-bond acceptors (Lipinski definition) is 2. The van der Waals surface area contributed by atoms with Crippen molar-refractivity contribution in [3.8, 4) is 0 Å². The first kappa shape index (κ1) is 13.5. The summed E-state index contributed by atoms with van der Waals surface area (Å²) in [5.41, 5.74) is 0.0169. The molecule has 0 unspecified atom stereocenters. The average molecular weight is 226 g/mol. The van der Waals surface area contributed by atoms with Gasteiger partial charge in [0.2, 0.25) is 5.91 Å². The lowest BCUT2D eigenvalue weighted by molar-refractivity contribution is -0.131. The quantitative estimate of drug-likeness (QED) is 0.800. The molecule has 1 N–H and O–H groups in total. The molecular formula is C13H26N2O. The fourth-order valence-corrected chi connectivity index (χ4v) is 2.14. The van der Waals surface area contributed by atoms with E-state index in [0.29, 0.717) is 12.6 Å². The molecule has 1 aliphatic rings. The summed E-state index contributed by atoms with van der Waals surface area (Å²) in [6.07, 6.45) is 6.23.